The van der Waals surface area contributed by atoms with E-state index in [0.717, 1.165) is 18.2 Å². The summed E-state index contributed by atoms with van der Waals surface area (Å²) in [6, 6.07) is 15.9. The number of hydrogen-bond acceptors (Lipinski definition) is 4. The molecule has 0 unspecified atom stereocenters. The first-order valence-electron chi connectivity index (χ1n) is 8.64. The molecule has 1 N–H and O–H groups in total. The van der Waals surface area contributed by atoms with Gasteiger partial charge in [-0.2, -0.15) is 13.2 Å². The quantitative estimate of drug-likeness (QED) is 0.519. The summed E-state index contributed by atoms with van der Waals surface area (Å²) in [5.74, 6) is 0.532. The van der Waals surface area contributed by atoms with E-state index in [-0.39, 0.29) is 11.5 Å². The minimum atomic E-state index is -4.65. The Morgan fingerprint density at radius 3 is 2.23 bits per heavy atom. The van der Waals surface area contributed by atoms with E-state index in [2.05, 4.69) is 4.72 Å². The Morgan fingerprint density at radius 1 is 0.933 bits per heavy atom. The Hall–Kier alpha value is -3.33. The highest BCUT2D eigenvalue weighted by Crippen LogP contribution is 2.31. The number of ketones is 1. The third-order valence-electron chi connectivity index (χ3n) is 4.07. The Labute approximate surface area is 171 Å². The fraction of sp³-hybridized carbons (Fsp3) is 0.0952. The van der Waals surface area contributed by atoms with Crippen LogP contribution >= 0.6 is 0 Å². The number of carbonyl (C=O) groups excluding carboxylic acids is 1. The monoisotopic (exact) mass is 435 g/mol. The molecule has 0 aromatic heterocycles. The van der Waals surface area contributed by atoms with Gasteiger partial charge >= 0.3 is 6.18 Å². The number of halogens is 3. The number of Topliss-reactive ketones (excluding diaryl/α,β-unsaturated/α-hetero) is 1. The van der Waals surface area contributed by atoms with Crippen molar-refractivity contribution in [2.24, 2.45) is 0 Å². The SMILES string of the molecule is CC(=O)c1ccccc1Oc1ccc(NS(=O)(=O)c2cccc(C(F)(F)F)c2)cc1. The lowest BCUT2D eigenvalue weighted by atomic mass is 10.1. The molecule has 30 heavy (non-hydrogen) atoms. The lowest BCUT2D eigenvalue weighted by Gasteiger charge is -2.12. The van der Waals surface area contributed by atoms with Crippen LogP contribution in [0.2, 0.25) is 0 Å². The Morgan fingerprint density at radius 2 is 1.60 bits per heavy atom. The number of alkyl halides is 3. The van der Waals surface area contributed by atoms with Crippen LogP contribution in [0.1, 0.15) is 22.8 Å². The van der Waals surface area contributed by atoms with Crippen molar-refractivity contribution in [3.05, 3.63) is 83.9 Å². The minimum absolute atomic E-state index is 0.139. The van der Waals surface area contributed by atoms with Crippen LogP contribution < -0.4 is 9.46 Å². The maximum Gasteiger partial charge on any atom is 0.416 e. The van der Waals surface area contributed by atoms with Crippen LogP contribution in [-0.4, -0.2) is 14.2 Å². The average Bonchev–Trinajstić information content (AvgIpc) is 2.69. The maximum atomic E-state index is 12.8. The third-order valence-corrected chi connectivity index (χ3v) is 5.45. The number of carbonyl (C=O) groups is 1. The second kappa shape index (κ2) is 8.19. The molecule has 0 atom stereocenters. The number of anilines is 1. The van der Waals surface area contributed by atoms with Gasteiger partial charge in [-0.05, 0) is 61.5 Å². The number of para-hydroxylation sites is 1. The van der Waals surface area contributed by atoms with E-state index in [1.807, 2.05) is 0 Å². The first-order valence-corrected chi connectivity index (χ1v) is 10.1. The van der Waals surface area contributed by atoms with E-state index in [1.165, 1.54) is 31.2 Å². The molecule has 0 aliphatic heterocycles. The largest absolute Gasteiger partial charge is 0.457 e. The van der Waals surface area contributed by atoms with Crippen LogP contribution in [0.3, 0.4) is 0 Å². The number of nitrogens with one attached hydrogen (secondary N) is 1. The van der Waals surface area contributed by atoms with Crippen molar-refractivity contribution in [1.29, 1.82) is 0 Å². The predicted octanol–water partition coefficient (Wildman–Crippen LogP) is 5.50. The number of ether oxygens (including phenoxy) is 1. The van der Waals surface area contributed by atoms with Gasteiger partial charge in [0.25, 0.3) is 10.0 Å². The van der Waals surface area contributed by atoms with Gasteiger partial charge in [0, 0.05) is 5.69 Å². The van der Waals surface area contributed by atoms with Gasteiger partial charge in [0.2, 0.25) is 0 Å². The normalized spacial score (nSPS) is 11.7. The molecule has 0 bridgehead atoms. The smallest absolute Gasteiger partial charge is 0.416 e. The molecular formula is C21H16F3NO4S. The molecule has 9 heteroatoms. The first-order chi connectivity index (χ1) is 14.1. The van der Waals surface area contributed by atoms with Crippen molar-refractivity contribution in [2.75, 3.05) is 4.72 Å². The van der Waals surface area contributed by atoms with Crippen LogP contribution in [-0.2, 0) is 16.2 Å². The molecule has 0 heterocycles. The molecule has 0 saturated carbocycles. The van der Waals surface area contributed by atoms with E-state index >= 15 is 0 Å². The molecule has 3 aromatic rings. The van der Waals surface area contributed by atoms with Gasteiger partial charge in [0.05, 0.1) is 16.0 Å². The summed E-state index contributed by atoms with van der Waals surface area (Å²) in [5.41, 5.74) is -0.523. The standard InChI is InChI=1S/C21H16F3NO4S/c1-14(26)19-7-2-3-8-20(19)29-17-11-9-16(10-12-17)25-30(27,28)18-6-4-5-15(13-18)21(22,23)24/h2-13,25H,1H3. The Kier molecular flexibility index (Phi) is 5.84. The summed E-state index contributed by atoms with van der Waals surface area (Å²) >= 11 is 0. The predicted molar refractivity (Wildman–Crippen MR) is 105 cm³/mol. The summed E-state index contributed by atoms with van der Waals surface area (Å²) in [5, 5.41) is 0. The van der Waals surface area contributed by atoms with Gasteiger partial charge in [0.1, 0.15) is 11.5 Å². The Balaban J connectivity index is 1.78. The summed E-state index contributed by atoms with van der Waals surface area (Å²) in [7, 11) is -4.22. The highest BCUT2D eigenvalue weighted by atomic mass is 32.2. The summed E-state index contributed by atoms with van der Waals surface area (Å²) < 4.78 is 71.3. The molecule has 0 fully saturated rings. The van der Waals surface area contributed by atoms with Crippen LogP contribution in [0.15, 0.2) is 77.7 Å². The van der Waals surface area contributed by atoms with Gasteiger partial charge < -0.3 is 4.74 Å². The molecule has 0 saturated heterocycles. The van der Waals surface area contributed by atoms with Crippen LogP contribution in [0.25, 0.3) is 0 Å². The van der Waals surface area contributed by atoms with Crippen LogP contribution in [0.5, 0.6) is 11.5 Å². The van der Waals surface area contributed by atoms with Gasteiger partial charge in [-0.25, -0.2) is 8.42 Å². The van der Waals surface area contributed by atoms with Gasteiger partial charge in [-0.1, -0.05) is 18.2 Å². The highest BCUT2D eigenvalue weighted by Gasteiger charge is 2.31. The molecule has 5 nitrogen and oxygen atoms in total. The summed E-state index contributed by atoms with van der Waals surface area (Å²) in [6.07, 6.45) is -4.65. The summed E-state index contributed by atoms with van der Waals surface area (Å²) in [6.45, 7) is 1.41. The lowest BCUT2D eigenvalue weighted by Crippen LogP contribution is -2.14. The van der Waals surface area contributed by atoms with Crippen molar-refractivity contribution < 1.29 is 31.1 Å². The molecule has 0 aliphatic rings. The number of sulfonamides is 1. The van der Waals surface area contributed by atoms with Crippen molar-refractivity contribution >= 4 is 21.5 Å². The van der Waals surface area contributed by atoms with Crippen LogP contribution in [0.4, 0.5) is 18.9 Å². The van der Waals surface area contributed by atoms with Crippen molar-refractivity contribution in [3.63, 3.8) is 0 Å². The number of rotatable bonds is 6. The van der Waals surface area contributed by atoms with Gasteiger partial charge in [0.15, 0.2) is 5.78 Å². The fourth-order valence-corrected chi connectivity index (χ4v) is 3.72. The van der Waals surface area contributed by atoms with E-state index < -0.39 is 26.7 Å². The highest BCUT2D eigenvalue weighted by molar-refractivity contribution is 7.92. The molecule has 0 spiro atoms. The molecular weight excluding hydrogens is 419 g/mol. The van der Waals surface area contributed by atoms with Crippen molar-refractivity contribution in [2.45, 2.75) is 18.0 Å². The zero-order chi connectivity index (χ0) is 21.9. The van der Waals surface area contributed by atoms with Crippen molar-refractivity contribution in [1.82, 2.24) is 0 Å². The fourth-order valence-electron chi connectivity index (χ4n) is 2.62. The molecule has 0 aliphatic carbocycles. The Bertz CT molecular complexity index is 1170. The second-order valence-corrected chi connectivity index (χ2v) is 7.99. The molecule has 0 radical (unpaired) electrons. The van der Waals surface area contributed by atoms with Gasteiger partial charge in [-0.3, -0.25) is 9.52 Å². The van der Waals surface area contributed by atoms with E-state index in [1.54, 1.807) is 24.3 Å². The van der Waals surface area contributed by atoms with E-state index in [9.17, 15) is 26.4 Å². The molecule has 0 amide bonds. The number of hydrogen-bond donors (Lipinski definition) is 1. The molecule has 156 valence electrons. The first kappa shape index (κ1) is 21.4. The zero-order valence-corrected chi connectivity index (χ0v) is 16.4. The average molecular weight is 435 g/mol. The second-order valence-electron chi connectivity index (χ2n) is 6.31. The third kappa shape index (κ3) is 4.98. The lowest BCUT2D eigenvalue weighted by molar-refractivity contribution is -0.137. The van der Waals surface area contributed by atoms with Crippen molar-refractivity contribution in [3.8, 4) is 11.5 Å². The number of benzene rings is 3. The van der Waals surface area contributed by atoms with Gasteiger partial charge in [-0.15, -0.1) is 0 Å². The maximum absolute atomic E-state index is 12.8. The minimum Gasteiger partial charge on any atom is -0.457 e. The zero-order valence-electron chi connectivity index (χ0n) is 15.6. The molecule has 3 aromatic carbocycles. The molecule has 3 rings (SSSR count). The topological polar surface area (TPSA) is 72.5 Å². The van der Waals surface area contributed by atoms with E-state index in [0.29, 0.717) is 23.1 Å². The summed E-state index contributed by atoms with van der Waals surface area (Å²) in [4.78, 5) is 11.2. The van der Waals surface area contributed by atoms with E-state index in [4.69, 9.17) is 4.74 Å². The van der Waals surface area contributed by atoms with Crippen LogP contribution in [0, 0.1) is 0 Å².